The highest BCUT2D eigenvalue weighted by Crippen LogP contribution is 2.14. The van der Waals surface area contributed by atoms with Crippen LogP contribution in [0.4, 0.5) is 5.82 Å². The highest BCUT2D eigenvalue weighted by atomic mass is 16.6. The summed E-state index contributed by atoms with van der Waals surface area (Å²) in [5, 5.41) is 26.1. The molecule has 0 unspecified atom stereocenters. The fourth-order valence-corrected chi connectivity index (χ4v) is 1.02. The van der Waals surface area contributed by atoms with Crippen LogP contribution < -0.4 is 0 Å². The van der Waals surface area contributed by atoms with Crippen LogP contribution in [0.15, 0.2) is 0 Å². The van der Waals surface area contributed by atoms with Crippen LogP contribution in [-0.4, -0.2) is 19.9 Å². The van der Waals surface area contributed by atoms with Crippen LogP contribution in [0.2, 0.25) is 0 Å². The first-order valence-corrected chi connectivity index (χ1v) is 4.18. The normalized spacial score (nSPS) is 9.71. The van der Waals surface area contributed by atoms with Crippen LogP contribution in [0.5, 0.6) is 0 Å². The van der Waals surface area contributed by atoms with Gasteiger partial charge in [-0.1, -0.05) is 18.4 Å². The minimum atomic E-state index is -0.631. The molecule has 0 radical (unpaired) electrons. The summed E-state index contributed by atoms with van der Waals surface area (Å²) in [6.45, 7) is 2.38. The Kier molecular flexibility index (Phi) is 3.12. The van der Waals surface area contributed by atoms with E-state index in [-0.39, 0.29) is 11.5 Å². The molecule has 74 valence electrons. The zero-order valence-corrected chi connectivity index (χ0v) is 7.67. The largest absolute Gasteiger partial charge is 0.383 e. The molecule has 0 fully saturated rings. The lowest BCUT2D eigenvalue weighted by Crippen LogP contribution is -2.05. The summed E-state index contributed by atoms with van der Waals surface area (Å²) in [5.41, 5.74) is -0.230. The summed E-state index contributed by atoms with van der Waals surface area (Å²) in [7, 11) is 0. The molecular formula is C7H9N5O2. The van der Waals surface area contributed by atoms with Crippen LogP contribution in [-0.2, 0) is 6.54 Å². The lowest BCUT2D eigenvalue weighted by atomic mass is 10.3. The summed E-state index contributed by atoms with van der Waals surface area (Å²) in [5.74, 6) is -0.319. The van der Waals surface area contributed by atoms with Crippen LogP contribution in [0.3, 0.4) is 0 Å². The van der Waals surface area contributed by atoms with Gasteiger partial charge in [-0.3, -0.25) is 0 Å². The maximum atomic E-state index is 10.6. The second-order valence-electron chi connectivity index (χ2n) is 2.71. The molecule has 0 aromatic carbocycles. The Morgan fingerprint density at radius 2 is 2.43 bits per heavy atom. The number of aryl methyl sites for hydroxylation is 1. The Morgan fingerprint density at radius 3 is 2.93 bits per heavy atom. The summed E-state index contributed by atoms with van der Waals surface area (Å²) in [6, 6.07) is 1.64. The number of rotatable bonds is 4. The molecule has 1 rings (SSSR count). The quantitative estimate of drug-likeness (QED) is 0.524. The third-order valence-corrected chi connectivity index (χ3v) is 1.71. The zero-order valence-electron chi connectivity index (χ0n) is 7.67. The first-order valence-electron chi connectivity index (χ1n) is 4.18. The van der Waals surface area contributed by atoms with Gasteiger partial charge in [0.1, 0.15) is 12.6 Å². The van der Waals surface area contributed by atoms with Crippen LogP contribution in [0, 0.1) is 21.4 Å². The molecule has 0 saturated carbocycles. The molecule has 1 aromatic heterocycles. The summed E-state index contributed by atoms with van der Waals surface area (Å²) in [4.78, 5) is 9.95. The number of nitriles is 1. The van der Waals surface area contributed by atoms with Crippen LogP contribution in [0.25, 0.3) is 0 Å². The molecule has 0 spiro atoms. The number of hydrogen-bond acceptors (Lipinski definition) is 5. The molecule has 0 aliphatic rings. The van der Waals surface area contributed by atoms with E-state index >= 15 is 0 Å². The molecule has 0 amide bonds. The fourth-order valence-electron chi connectivity index (χ4n) is 1.02. The number of hydrogen-bond donors (Lipinski definition) is 0. The van der Waals surface area contributed by atoms with Gasteiger partial charge in [-0.05, 0) is 11.3 Å². The molecule has 0 atom stereocenters. The van der Waals surface area contributed by atoms with Gasteiger partial charge in [0, 0.05) is 5.21 Å². The van der Waals surface area contributed by atoms with E-state index in [4.69, 9.17) is 5.26 Å². The number of unbranched alkanes of at least 4 members (excludes halogenated alkanes) is 1. The van der Waals surface area contributed by atoms with E-state index in [1.54, 1.807) is 6.07 Å². The number of aromatic nitrogens is 3. The van der Waals surface area contributed by atoms with Crippen LogP contribution >= 0.6 is 0 Å². The molecule has 0 bridgehead atoms. The Morgan fingerprint density at radius 1 is 1.71 bits per heavy atom. The van der Waals surface area contributed by atoms with Gasteiger partial charge in [-0.25, -0.2) is 0 Å². The first-order chi connectivity index (χ1) is 6.70. The summed E-state index contributed by atoms with van der Waals surface area (Å²) in [6.07, 6.45) is 1.67. The van der Waals surface area contributed by atoms with Crippen molar-refractivity contribution in [3.8, 4) is 6.07 Å². The molecule has 14 heavy (non-hydrogen) atoms. The number of nitrogens with zero attached hydrogens (tertiary/aromatic N) is 5. The van der Waals surface area contributed by atoms with Crippen molar-refractivity contribution >= 4 is 5.82 Å². The van der Waals surface area contributed by atoms with Gasteiger partial charge in [0.15, 0.2) is 0 Å². The Labute approximate surface area is 80.1 Å². The molecule has 0 N–H and O–H groups in total. The monoisotopic (exact) mass is 195 g/mol. The van der Waals surface area contributed by atoms with Gasteiger partial charge in [0.2, 0.25) is 0 Å². The van der Waals surface area contributed by atoms with Crippen molar-refractivity contribution in [3.63, 3.8) is 0 Å². The van der Waals surface area contributed by atoms with E-state index in [2.05, 4.69) is 10.3 Å². The topological polar surface area (TPSA) is 97.6 Å². The second kappa shape index (κ2) is 4.32. The van der Waals surface area contributed by atoms with E-state index < -0.39 is 4.92 Å². The molecule has 1 heterocycles. The van der Waals surface area contributed by atoms with Gasteiger partial charge in [0.05, 0.1) is 0 Å². The van der Waals surface area contributed by atoms with Crippen molar-refractivity contribution in [1.29, 1.82) is 5.26 Å². The molecule has 7 heteroatoms. The van der Waals surface area contributed by atoms with Crippen molar-refractivity contribution in [3.05, 3.63) is 15.8 Å². The maximum absolute atomic E-state index is 10.6. The van der Waals surface area contributed by atoms with Crippen molar-refractivity contribution in [2.45, 2.75) is 26.3 Å². The maximum Gasteiger partial charge on any atom is 0.383 e. The van der Waals surface area contributed by atoms with Crippen molar-refractivity contribution < 1.29 is 4.92 Å². The molecule has 7 nitrogen and oxygen atoms in total. The van der Waals surface area contributed by atoms with Gasteiger partial charge in [0.25, 0.3) is 5.69 Å². The third kappa shape index (κ3) is 1.85. The highest BCUT2D eigenvalue weighted by Gasteiger charge is 2.23. The standard InChI is InChI=1S/C7H9N5O2/c1-2-3-4-11-7(12(13)14)6(5-8)9-10-11/h2-4H2,1H3. The minimum absolute atomic E-state index is 0.230. The van der Waals surface area contributed by atoms with Crippen LogP contribution in [0.1, 0.15) is 25.5 Å². The Balaban J connectivity index is 3.00. The molecule has 0 aliphatic carbocycles. The SMILES string of the molecule is CCCCn1nnc(C#N)c1[N+](=O)[O-]. The third-order valence-electron chi connectivity index (χ3n) is 1.71. The van der Waals surface area contributed by atoms with E-state index in [1.165, 1.54) is 0 Å². The lowest BCUT2D eigenvalue weighted by Gasteiger charge is -1.95. The Bertz CT molecular complexity index is 378. The van der Waals surface area contributed by atoms with Gasteiger partial charge >= 0.3 is 5.82 Å². The van der Waals surface area contributed by atoms with E-state index in [0.717, 1.165) is 17.5 Å². The number of nitro groups is 1. The van der Waals surface area contributed by atoms with Gasteiger partial charge in [-0.2, -0.15) is 5.26 Å². The minimum Gasteiger partial charge on any atom is -0.358 e. The average molecular weight is 195 g/mol. The molecule has 0 aliphatic heterocycles. The van der Waals surface area contributed by atoms with E-state index in [0.29, 0.717) is 6.54 Å². The average Bonchev–Trinajstić information content (AvgIpc) is 2.57. The second-order valence-corrected chi connectivity index (χ2v) is 2.71. The molecule has 0 saturated heterocycles. The van der Waals surface area contributed by atoms with Gasteiger partial charge in [-0.15, -0.1) is 4.68 Å². The first kappa shape index (κ1) is 10.1. The Hall–Kier alpha value is -1.97. The molecule has 1 aromatic rings. The zero-order chi connectivity index (χ0) is 10.6. The molecular weight excluding hydrogens is 186 g/mol. The van der Waals surface area contributed by atoms with Crippen molar-refractivity contribution in [1.82, 2.24) is 15.0 Å². The van der Waals surface area contributed by atoms with E-state index in [1.807, 2.05) is 6.92 Å². The highest BCUT2D eigenvalue weighted by molar-refractivity contribution is 5.36. The predicted molar refractivity (Wildman–Crippen MR) is 46.3 cm³/mol. The smallest absolute Gasteiger partial charge is 0.358 e. The van der Waals surface area contributed by atoms with Crippen molar-refractivity contribution in [2.24, 2.45) is 0 Å². The lowest BCUT2D eigenvalue weighted by molar-refractivity contribution is -0.393. The van der Waals surface area contributed by atoms with Gasteiger partial charge < -0.3 is 10.1 Å². The summed E-state index contributed by atoms with van der Waals surface area (Å²) >= 11 is 0. The summed E-state index contributed by atoms with van der Waals surface area (Å²) < 4.78 is 1.15. The fraction of sp³-hybridized carbons (Fsp3) is 0.571. The predicted octanol–water partition coefficient (Wildman–Crippen LogP) is 0.858. The van der Waals surface area contributed by atoms with E-state index in [9.17, 15) is 10.1 Å². The van der Waals surface area contributed by atoms with Crippen molar-refractivity contribution in [2.75, 3.05) is 0 Å².